The lowest BCUT2D eigenvalue weighted by atomic mass is 10.1. The van der Waals surface area contributed by atoms with Crippen LogP contribution in [0.3, 0.4) is 0 Å². The Bertz CT molecular complexity index is 146. The molecular weight excluding hydrogens is 134 g/mol. The number of fused-ring (bicyclic) bond motifs is 1. The Balaban J connectivity index is 2.16. The molecule has 1 atom stereocenters. The highest BCUT2D eigenvalue weighted by atomic mass is 32.2. The summed E-state index contributed by atoms with van der Waals surface area (Å²) < 4.78 is 0. The molecule has 1 unspecified atom stereocenters. The Labute approximate surface area is 58.7 Å². The van der Waals surface area contributed by atoms with Gasteiger partial charge >= 0.3 is 0 Å². The number of nitrogens with one attached hydrogen (secondary N) is 1. The van der Waals surface area contributed by atoms with Gasteiger partial charge in [-0.05, 0) is 37.3 Å². The molecule has 1 heterocycles. The van der Waals surface area contributed by atoms with Crippen molar-refractivity contribution in [2.45, 2.75) is 24.5 Å². The number of hydrogen-bond donors (Lipinski definition) is 1. The Hall–Kier alpha value is -0.150. The second-order valence-corrected chi connectivity index (χ2v) is 3.30. The van der Waals surface area contributed by atoms with Crippen LogP contribution < -0.4 is 4.89 Å². The smallest absolute Gasteiger partial charge is 0.135 e. The second-order valence-electron chi connectivity index (χ2n) is 2.33. The molecule has 1 fully saturated rings. The molecule has 0 saturated carbocycles. The van der Waals surface area contributed by atoms with Crippen LogP contribution in [0.1, 0.15) is 19.3 Å². The van der Waals surface area contributed by atoms with Gasteiger partial charge in [0.1, 0.15) is 5.76 Å². The van der Waals surface area contributed by atoms with Crippen LogP contribution >= 0.6 is 11.9 Å². The van der Waals surface area contributed by atoms with Crippen molar-refractivity contribution in [2.75, 3.05) is 0 Å². The van der Waals surface area contributed by atoms with E-state index in [1.807, 2.05) is 0 Å². The minimum Gasteiger partial charge on any atom is -0.402 e. The first-order chi connectivity index (χ1) is 4.47. The molecule has 0 aromatic heterocycles. The zero-order valence-electron chi connectivity index (χ0n) is 5.09. The first-order valence-corrected chi connectivity index (χ1v) is 4.12. The fourth-order valence-electron chi connectivity index (χ4n) is 1.18. The minimum atomic E-state index is 0.610. The van der Waals surface area contributed by atoms with Gasteiger partial charge in [-0.2, -0.15) is 0 Å². The molecular formula is C6H9NOS. The normalized spacial score (nSPS) is 32.9. The third kappa shape index (κ3) is 0.946. The van der Waals surface area contributed by atoms with Crippen LogP contribution in [0.4, 0.5) is 0 Å². The summed E-state index contributed by atoms with van der Waals surface area (Å²) in [6.45, 7) is 0. The molecule has 50 valence electrons. The van der Waals surface area contributed by atoms with E-state index in [0.717, 1.165) is 5.76 Å². The third-order valence-electron chi connectivity index (χ3n) is 1.68. The van der Waals surface area contributed by atoms with Crippen LogP contribution in [0.2, 0.25) is 0 Å². The van der Waals surface area contributed by atoms with Crippen molar-refractivity contribution in [2.24, 2.45) is 0 Å². The van der Waals surface area contributed by atoms with Crippen molar-refractivity contribution in [1.82, 2.24) is 4.89 Å². The zero-order valence-corrected chi connectivity index (χ0v) is 5.91. The average Bonchev–Trinajstić information content (AvgIpc) is 2.33. The van der Waals surface area contributed by atoms with E-state index in [9.17, 15) is 0 Å². The average molecular weight is 143 g/mol. The summed E-state index contributed by atoms with van der Waals surface area (Å²) in [5.41, 5.74) is 0. The van der Waals surface area contributed by atoms with Crippen molar-refractivity contribution in [3.63, 3.8) is 0 Å². The van der Waals surface area contributed by atoms with Crippen LogP contribution in [0.15, 0.2) is 11.8 Å². The lowest BCUT2D eigenvalue weighted by Crippen LogP contribution is -2.05. The number of rotatable bonds is 0. The molecule has 1 aliphatic heterocycles. The van der Waals surface area contributed by atoms with Crippen LogP contribution in [0, 0.1) is 0 Å². The molecule has 0 radical (unpaired) electrons. The van der Waals surface area contributed by atoms with Crippen molar-refractivity contribution in [3.8, 4) is 0 Å². The molecule has 3 heteroatoms. The molecule has 0 aromatic carbocycles. The molecule has 2 nitrogen and oxygen atoms in total. The first-order valence-electron chi connectivity index (χ1n) is 3.24. The quantitative estimate of drug-likeness (QED) is 0.520. The van der Waals surface area contributed by atoms with Gasteiger partial charge in [-0.3, -0.25) is 0 Å². The Morgan fingerprint density at radius 3 is 3.67 bits per heavy atom. The van der Waals surface area contributed by atoms with Gasteiger partial charge in [0.05, 0.1) is 5.25 Å². The SMILES string of the molecule is C1=C2ONSC2CCC1. The maximum Gasteiger partial charge on any atom is 0.135 e. The van der Waals surface area contributed by atoms with E-state index >= 15 is 0 Å². The molecule has 2 aliphatic rings. The maximum absolute atomic E-state index is 5.13. The Morgan fingerprint density at radius 2 is 2.78 bits per heavy atom. The summed E-state index contributed by atoms with van der Waals surface area (Å²) in [6, 6.07) is 0. The molecule has 0 aromatic rings. The first kappa shape index (κ1) is 5.62. The molecule has 0 bridgehead atoms. The van der Waals surface area contributed by atoms with E-state index < -0.39 is 0 Å². The van der Waals surface area contributed by atoms with E-state index in [1.165, 1.54) is 19.3 Å². The lowest BCUT2D eigenvalue weighted by molar-refractivity contribution is 0.185. The number of hydrogen-bond acceptors (Lipinski definition) is 3. The Morgan fingerprint density at radius 1 is 1.78 bits per heavy atom. The molecule has 1 saturated heterocycles. The van der Waals surface area contributed by atoms with Crippen LogP contribution in [-0.4, -0.2) is 5.25 Å². The largest absolute Gasteiger partial charge is 0.402 e. The van der Waals surface area contributed by atoms with E-state index in [4.69, 9.17) is 4.84 Å². The lowest BCUT2D eigenvalue weighted by Gasteiger charge is -2.10. The van der Waals surface area contributed by atoms with Gasteiger partial charge in [-0.15, -0.1) is 0 Å². The highest BCUT2D eigenvalue weighted by molar-refractivity contribution is 7.98. The molecule has 9 heavy (non-hydrogen) atoms. The van der Waals surface area contributed by atoms with Crippen LogP contribution in [0.5, 0.6) is 0 Å². The fraction of sp³-hybridized carbons (Fsp3) is 0.667. The van der Waals surface area contributed by atoms with Gasteiger partial charge in [0.25, 0.3) is 0 Å². The summed E-state index contributed by atoms with van der Waals surface area (Å²) >= 11 is 1.69. The van der Waals surface area contributed by atoms with Gasteiger partial charge in [-0.25, -0.2) is 0 Å². The molecule has 0 spiro atoms. The predicted molar refractivity (Wildman–Crippen MR) is 37.5 cm³/mol. The van der Waals surface area contributed by atoms with E-state index in [2.05, 4.69) is 11.0 Å². The van der Waals surface area contributed by atoms with Gasteiger partial charge in [0.15, 0.2) is 0 Å². The summed E-state index contributed by atoms with van der Waals surface area (Å²) in [5, 5.41) is 0.610. The summed E-state index contributed by atoms with van der Waals surface area (Å²) in [6.07, 6.45) is 5.95. The molecule has 2 rings (SSSR count). The summed E-state index contributed by atoms with van der Waals surface area (Å²) in [4.78, 5) is 7.94. The van der Waals surface area contributed by atoms with E-state index in [-0.39, 0.29) is 0 Å². The maximum atomic E-state index is 5.13. The number of allylic oxidation sites excluding steroid dienone is 1. The summed E-state index contributed by atoms with van der Waals surface area (Å²) in [7, 11) is 0. The monoisotopic (exact) mass is 143 g/mol. The predicted octanol–water partition coefficient (Wildman–Crippen LogP) is 1.61. The van der Waals surface area contributed by atoms with Crippen molar-refractivity contribution >= 4 is 11.9 Å². The molecule has 1 aliphatic carbocycles. The van der Waals surface area contributed by atoms with E-state index in [0.29, 0.717) is 5.25 Å². The van der Waals surface area contributed by atoms with Gasteiger partial charge in [-0.1, -0.05) is 4.89 Å². The van der Waals surface area contributed by atoms with Crippen molar-refractivity contribution < 1.29 is 4.84 Å². The van der Waals surface area contributed by atoms with Crippen LogP contribution in [-0.2, 0) is 4.84 Å². The van der Waals surface area contributed by atoms with Gasteiger partial charge in [0.2, 0.25) is 0 Å². The van der Waals surface area contributed by atoms with Crippen LogP contribution in [0.25, 0.3) is 0 Å². The minimum absolute atomic E-state index is 0.610. The standard InChI is InChI=1S/C6H9NOS/c1-2-4-6-5(3-1)8-7-9-6/h3,6-7H,1-2,4H2. The highest BCUT2D eigenvalue weighted by Crippen LogP contribution is 2.32. The highest BCUT2D eigenvalue weighted by Gasteiger charge is 2.25. The fourth-order valence-corrected chi connectivity index (χ4v) is 1.98. The van der Waals surface area contributed by atoms with E-state index in [1.54, 1.807) is 11.9 Å². The van der Waals surface area contributed by atoms with Crippen molar-refractivity contribution in [1.29, 1.82) is 0 Å². The topological polar surface area (TPSA) is 21.3 Å². The molecule has 0 amide bonds. The second kappa shape index (κ2) is 2.23. The van der Waals surface area contributed by atoms with Crippen molar-refractivity contribution in [3.05, 3.63) is 11.8 Å². The van der Waals surface area contributed by atoms with Gasteiger partial charge < -0.3 is 4.84 Å². The summed E-state index contributed by atoms with van der Waals surface area (Å²) in [5.74, 6) is 1.14. The third-order valence-corrected chi connectivity index (χ3v) is 2.62. The molecule has 1 N–H and O–H groups in total. The Kier molecular flexibility index (Phi) is 1.39. The van der Waals surface area contributed by atoms with Gasteiger partial charge in [0, 0.05) is 0 Å². The zero-order chi connectivity index (χ0) is 6.10.